The van der Waals surface area contributed by atoms with E-state index in [-0.39, 0.29) is 11.8 Å². The zero-order valence-corrected chi connectivity index (χ0v) is 9.61. The number of amides is 1. The molecule has 0 aromatic rings. The first-order chi connectivity index (χ1) is 6.93. The van der Waals surface area contributed by atoms with Gasteiger partial charge in [-0.1, -0.05) is 13.8 Å². The van der Waals surface area contributed by atoms with Gasteiger partial charge < -0.3 is 15.2 Å². The van der Waals surface area contributed by atoms with Gasteiger partial charge in [0.15, 0.2) is 6.04 Å². The zero-order valence-electron chi connectivity index (χ0n) is 9.61. The van der Waals surface area contributed by atoms with Crippen LogP contribution in [-0.2, 0) is 14.3 Å². The second-order valence-electron chi connectivity index (χ2n) is 3.56. The number of ether oxygens (including phenoxy) is 1. The fourth-order valence-corrected chi connectivity index (χ4v) is 0.984. The molecule has 3 atom stereocenters. The molecule has 0 radical (unpaired) electrons. The minimum Gasteiger partial charge on any atom is -0.467 e. The van der Waals surface area contributed by atoms with Crippen LogP contribution in [0.4, 0.5) is 0 Å². The molecule has 0 aromatic carbocycles. The number of aliphatic hydroxyl groups is 1. The summed E-state index contributed by atoms with van der Waals surface area (Å²) in [6, 6.07) is -0.989. The highest BCUT2D eigenvalue weighted by Crippen LogP contribution is 2.03. The number of hydrogen-bond acceptors (Lipinski definition) is 4. The van der Waals surface area contributed by atoms with E-state index in [1.54, 1.807) is 6.92 Å². The number of hydrogen-bond donors (Lipinski definition) is 2. The van der Waals surface area contributed by atoms with Crippen molar-refractivity contribution in [3.8, 4) is 0 Å². The van der Waals surface area contributed by atoms with Crippen LogP contribution < -0.4 is 5.32 Å². The largest absolute Gasteiger partial charge is 0.467 e. The molecule has 5 nitrogen and oxygen atoms in total. The lowest BCUT2D eigenvalue weighted by Crippen LogP contribution is -2.49. The van der Waals surface area contributed by atoms with Crippen molar-refractivity contribution in [1.29, 1.82) is 0 Å². The van der Waals surface area contributed by atoms with E-state index in [1.807, 2.05) is 6.92 Å². The quantitative estimate of drug-likeness (QED) is 0.639. The van der Waals surface area contributed by atoms with Crippen LogP contribution in [0.15, 0.2) is 0 Å². The summed E-state index contributed by atoms with van der Waals surface area (Å²) in [6.07, 6.45) is -0.287. The summed E-state index contributed by atoms with van der Waals surface area (Å²) < 4.78 is 4.47. The van der Waals surface area contributed by atoms with E-state index in [1.165, 1.54) is 14.0 Å². The predicted molar refractivity (Wildman–Crippen MR) is 55.1 cm³/mol. The molecule has 0 bridgehead atoms. The lowest BCUT2D eigenvalue weighted by molar-refractivity contribution is -0.148. The van der Waals surface area contributed by atoms with Crippen molar-refractivity contribution in [1.82, 2.24) is 5.32 Å². The molecule has 0 aliphatic heterocycles. The molecule has 2 N–H and O–H groups in total. The number of rotatable bonds is 5. The SMILES string of the molecule is CC[C@H](C)C(=O)NC(C(=O)OC)C(C)O. The number of carbonyl (C=O) groups excluding carboxylic acids is 2. The highest BCUT2D eigenvalue weighted by atomic mass is 16.5. The van der Waals surface area contributed by atoms with Crippen molar-refractivity contribution in [2.24, 2.45) is 5.92 Å². The van der Waals surface area contributed by atoms with Crippen molar-refractivity contribution in [3.63, 3.8) is 0 Å². The van der Waals surface area contributed by atoms with E-state index in [0.29, 0.717) is 6.42 Å². The van der Waals surface area contributed by atoms with Gasteiger partial charge in [-0.25, -0.2) is 4.79 Å². The summed E-state index contributed by atoms with van der Waals surface area (Å²) >= 11 is 0. The molecule has 0 aliphatic rings. The van der Waals surface area contributed by atoms with Crippen LogP contribution in [0.2, 0.25) is 0 Å². The molecular weight excluding hydrogens is 198 g/mol. The minimum atomic E-state index is -0.989. The minimum absolute atomic E-state index is 0.184. The van der Waals surface area contributed by atoms with E-state index < -0.39 is 18.1 Å². The van der Waals surface area contributed by atoms with Crippen LogP contribution in [-0.4, -0.2) is 36.2 Å². The monoisotopic (exact) mass is 217 g/mol. The van der Waals surface area contributed by atoms with E-state index in [0.717, 1.165) is 0 Å². The molecule has 88 valence electrons. The van der Waals surface area contributed by atoms with Gasteiger partial charge in [0.05, 0.1) is 13.2 Å². The van der Waals surface area contributed by atoms with E-state index in [2.05, 4.69) is 10.1 Å². The normalized spacial score (nSPS) is 16.3. The Kier molecular flexibility index (Phi) is 5.93. The van der Waals surface area contributed by atoms with E-state index in [4.69, 9.17) is 0 Å². The maximum atomic E-state index is 11.5. The van der Waals surface area contributed by atoms with Crippen molar-refractivity contribution in [2.45, 2.75) is 39.3 Å². The molecule has 0 rings (SSSR count). The molecule has 5 heteroatoms. The maximum absolute atomic E-state index is 11.5. The zero-order chi connectivity index (χ0) is 12.0. The number of carbonyl (C=O) groups is 2. The molecule has 0 heterocycles. The van der Waals surface area contributed by atoms with Gasteiger partial charge in [-0.2, -0.15) is 0 Å². The number of methoxy groups -OCH3 is 1. The topological polar surface area (TPSA) is 75.6 Å². The van der Waals surface area contributed by atoms with Crippen LogP contribution in [0, 0.1) is 5.92 Å². The number of aliphatic hydroxyl groups excluding tert-OH is 1. The first kappa shape index (κ1) is 13.9. The van der Waals surface area contributed by atoms with Gasteiger partial charge in [-0.05, 0) is 13.3 Å². The molecule has 0 saturated carbocycles. The fourth-order valence-electron chi connectivity index (χ4n) is 0.984. The molecule has 0 saturated heterocycles. The van der Waals surface area contributed by atoms with Crippen LogP contribution >= 0.6 is 0 Å². The van der Waals surface area contributed by atoms with Gasteiger partial charge in [0.25, 0.3) is 0 Å². The Balaban J connectivity index is 4.42. The van der Waals surface area contributed by atoms with Gasteiger partial charge in [0, 0.05) is 5.92 Å². The highest BCUT2D eigenvalue weighted by Gasteiger charge is 2.27. The van der Waals surface area contributed by atoms with Gasteiger partial charge in [-0.15, -0.1) is 0 Å². The highest BCUT2D eigenvalue weighted by molar-refractivity contribution is 5.85. The summed E-state index contributed by atoms with van der Waals surface area (Å²) in [5.41, 5.74) is 0. The summed E-state index contributed by atoms with van der Waals surface area (Å²) in [5, 5.41) is 11.8. The number of esters is 1. The predicted octanol–water partition coefficient (Wildman–Crippen LogP) is 0.0711. The van der Waals surface area contributed by atoms with Crippen LogP contribution in [0.5, 0.6) is 0 Å². The van der Waals surface area contributed by atoms with Gasteiger partial charge in [0.1, 0.15) is 0 Å². The molecular formula is C10H19NO4. The summed E-state index contributed by atoms with van der Waals surface area (Å²) in [6.45, 7) is 5.06. The first-order valence-corrected chi connectivity index (χ1v) is 5.00. The average molecular weight is 217 g/mol. The Morgan fingerprint density at radius 3 is 2.27 bits per heavy atom. The standard InChI is InChI=1S/C10H19NO4/c1-5-6(2)9(13)11-8(7(3)12)10(14)15-4/h6-8,12H,5H2,1-4H3,(H,11,13)/t6-,7?,8?/m0/s1. The van der Waals surface area contributed by atoms with E-state index >= 15 is 0 Å². The van der Waals surface area contributed by atoms with Crippen molar-refractivity contribution < 1.29 is 19.4 Å². The third-order valence-corrected chi connectivity index (χ3v) is 2.30. The van der Waals surface area contributed by atoms with Gasteiger partial charge >= 0.3 is 5.97 Å². The van der Waals surface area contributed by atoms with Gasteiger partial charge in [0.2, 0.25) is 5.91 Å². The molecule has 0 spiro atoms. The van der Waals surface area contributed by atoms with E-state index in [9.17, 15) is 14.7 Å². The second kappa shape index (κ2) is 6.40. The molecule has 0 fully saturated rings. The molecule has 15 heavy (non-hydrogen) atoms. The van der Waals surface area contributed by atoms with Crippen molar-refractivity contribution >= 4 is 11.9 Å². The fraction of sp³-hybridized carbons (Fsp3) is 0.800. The third-order valence-electron chi connectivity index (χ3n) is 2.30. The molecule has 0 aliphatic carbocycles. The first-order valence-electron chi connectivity index (χ1n) is 5.00. The Morgan fingerprint density at radius 1 is 1.40 bits per heavy atom. The van der Waals surface area contributed by atoms with Crippen LogP contribution in [0.3, 0.4) is 0 Å². The Labute approximate surface area is 89.8 Å². The van der Waals surface area contributed by atoms with Crippen molar-refractivity contribution in [2.75, 3.05) is 7.11 Å². The van der Waals surface area contributed by atoms with Crippen LogP contribution in [0.1, 0.15) is 27.2 Å². The summed E-state index contributed by atoms with van der Waals surface area (Å²) in [5.74, 6) is -1.08. The lowest BCUT2D eigenvalue weighted by atomic mass is 10.1. The summed E-state index contributed by atoms with van der Waals surface area (Å²) in [4.78, 5) is 22.7. The van der Waals surface area contributed by atoms with Crippen LogP contribution in [0.25, 0.3) is 0 Å². The third kappa shape index (κ3) is 4.29. The smallest absolute Gasteiger partial charge is 0.331 e. The van der Waals surface area contributed by atoms with Crippen molar-refractivity contribution in [3.05, 3.63) is 0 Å². The van der Waals surface area contributed by atoms with Gasteiger partial charge in [-0.3, -0.25) is 4.79 Å². The summed E-state index contributed by atoms with van der Waals surface area (Å²) in [7, 11) is 1.22. The maximum Gasteiger partial charge on any atom is 0.331 e. The lowest BCUT2D eigenvalue weighted by Gasteiger charge is -2.20. The Bertz CT molecular complexity index is 227. The molecule has 1 amide bonds. The number of nitrogens with one attached hydrogen (secondary N) is 1. The average Bonchev–Trinajstić information content (AvgIpc) is 2.22. The molecule has 2 unspecified atom stereocenters. The molecule has 0 aromatic heterocycles. The Hall–Kier alpha value is -1.10. The Morgan fingerprint density at radius 2 is 1.93 bits per heavy atom. The second-order valence-corrected chi connectivity index (χ2v) is 3.56.